The summed E-state index contributed by atoms with van der Waals surface area (Å²) in [5.74, 6) is -1.27. The van der Waals surface area contributed by atoms with Gasteiger partial charge in [-0.05, 0) is 111 Å². The van der Waals surface area contributed by atoms with Crippen LogP contribution < -0.4 is 9.47 Å². The molecule has 2 N–H and O–H groups in total. The standard InChI is InChI=1S/C49H58N4O10/c1-3-23-52(48(56)34-19-17-33(32-50)18-20-34)44-31-42(51-63-45-16-7-10-27-59-45)40-28-35(12-5-8-24-54)39(15-6-9-25-55)46-41-30-38(61-37-14-11-13-36(29-37)53(57)58)21-22-43(41)62-49(44,47(40)46)60-26-4-2/h4,11,13-14,17-22,28-30,35,39,44-47,54-55H,2-3,5-10,12,15-16,23-27,31H2,1H3. The number of hydrogen-bond acceptors (Lipinski definition) is 12. The minimum atomic E-state index is -1.47. The first-order chi connectivity index (χ1) is 30.7. The van der Waals surface area contributed by atoms with Gasteiger partial charge in [0.25, 0.3) is 11.6 Å². The molecule has 3 aromatic carbocycles. The largest absolute Gasteiger partial charge is 0.459 e. The molecule has 3 aromatic rings. The third kappa shape index (κ3) is 9.97. The van der Waals surface area contributed by atoms with Crippen LogP contribution in [0.15, 0.2) is 96.2 Å². The molecule has 2 aliphatic carbocycles. The molecule has 7 unspecified atom stereocenters. The van der Waals surface area contributed by atoms with E-state index in [0.717, 1.165) is 49.7 Å². The van der Waals surface area contributed by atoms with E-state index >= 15 is 0 Å². The number of rotatable bonds is 20. The number of carbonyl (C=O) groups is 1. The number of nitriles is 1. The third-order valence-electron chi connectivity index (χ3n) is 12.7. The maximum Gasteiger partial charge on any atom is 0.273 e. The van der Waals surface area contributed by atoms with Crippen molar-refractivity contribution >= 4 is 17.3 Å². The van der Waals surface area contributed by atoms with Crippen molar-refractivity contribution in [3.63, 3.8) is 0 Å². The second-order valence-electron chi connectivity index (χ2n) is 16.7. The van der Waals surface area contributed by atoms with Crippen LogP contribution in [-0.4, -0.2) is 82.7 Å². The number of ether oxygens (including phenoxy) is 4. The monoisotopic (exact) mass is 862 g/mol. The van der Waals surface area contributed by atoms with Crippen molar-refractivity contribution in [2.24, 2.45) is 22.9 Å². The molecule has 2 heterocycles. The zero-order valence-electron chi connectivity index (χ0n) is 35.9. The van der Waals surface area contributed by atoms with Gasteiger partial charge in [0.15, 0.2) is 0 Å². The zero-order valence-corrected chi connectivity index (χ0v) is 35.9. The van der Waals surface area contributed by atoms with Crippen LogP contribution in [0.4, 0.5) is 5.69 Å². The lowest BCUT2D eigenvalue weighted by molar-refractivity contribution is -0.384. The maximum absolute atomic E-state index is 15.0. The minimum Gasteiger partial charge on any atom is -0.459 e. The van der Waals surface area contributed by atoms with Crippen molar-refractivity contribution in [2.75, 3.05) is 33.0 Å². The third-order valence-corrected chi connectivity index (χ3v) is 12.7. The number of hydrogen-bond donors (Lipinski definition) is 2. The molecule has 0 radical (unpaired) electrons. The smallest absolute Gasteiger partial charge is 0.273 e. The van der Waals surface area contributed by atoms with Gasteiger partial charge in [0.2, 0.25) is 12.1 Å². The van der Waals surface area contributed by atoms with Crippen LogP contribution >= 0.6 is 0 Å². The first kappa shape index (κ1) is 45.4. The Morgan fingerprint density at radius 2 is 1.84 bits per heavy atom. The number of carbonyl (C=O) groups excluding carboxylic acids is 1. The molecular formula is C49H58N4O10. The number of allylic oxidation sites excluding steroid dienone is 1. The molecule has 2 aliphatic heterocycles. The summed E-state index contributed by atoms with van der Waals surface area (Å²) in [4.78, 5) is 34.2. The lowest BCUT2D eigenvalue weighted by Crippen LogP contribution is -2.70. The van der Waals surface area contributed by atoms with E-state index in [4.69, 9.17) is 28.9 Å². The highest BCUT2D eigenvalue weighted by Gasteiger charge is 2.65. The summed E-state index contributed by atoms with van der Waals surface area (Å²) in [6.45, 7) is 7.19. The van der Waals surface area contributed by atoms with Crippen LogP contribution in [0.3, 0.4) is 0 Å². The summed E-state index contributed by atoms with van der Waals surface area (Å²) < 4.78 is 26.7. The summed E-state index contributed by atoms with van der Waals surface area (Å²) in [6.07, 6.45) is 11.2. The number of fused-ring (bicyclic) bond motifs is 2. The Morgan fingerprint density at radius 3 is 2.54 bits per heavy atom. The fourth-order valence-electron chi connectivity index (χ4n) is 9.92. The number of non-ortho nitro benzene ring substituents is 1. The van der Waals surface area contributed by atoms with Crippen molar-refractivity contribution < 1.29 is 43.7 Å². The van der Waals surface area contributed by atoms with Gasteiger partial charge in [0, 0.05) is 55.7 Å². The fourth-order valence-corrected chi connectivity index (χ4v) is 9.92. The van der Waals surface area contributed by atoms with Gasteiger partial charge in [0.1, 0.15) is 23.3 Å². The van der Waals surface area contributed by atoms with Crippen LogP contribution in [0.2, 0.25) is 0 Å². The van der Waals surface area contributed by atoms with Gasteiger partial charge < -0.3 is 38.9 Å². The van der Waals surface area contributed by atoms with Gasteiger partial charge in [-0.3, -0.25) is 14.9 Å². The number of aliphatic hydroxyl groups is 2. The lowest BCUT2D eigenvalue weighted by Gasteiger charge is -2.60. The highest BCUT2D eigenvalue weighted by molar-refractivity contribution is 6.03. The van der Waals surface area contributed by atoms with Crippen molar-refractivity contribution in [2.45, 2.75) is 102 Å². The Kier molecular flexibility index (Phi) is 15.3. The summed E-state index contributed by atoms with van der Waals surface area (Å²) in [5, 5.41) is 46.0. The number of amides is 1. The lowest BCUT2D eigenvalue weighted by atomic mass is 9.55. The molecule has 7 atom stereocenters. The zero-order chi connectivity index (χ0) is 44.3. The Labute approximate surface area is 368 Å². The quantitative estimate of drug-likeness (QED) is 0.0478. The fraction of sp³-hybridized carbons (Fsp3) is 0.490. The van der Waals surface area contributed by atoms with E-state index in [2.05, 4.69) is 18.7 Å². The molecule has 2 fully saturated rings. The summed E-state index contributed by atoms with van der Waals surface area (Å²) in [6, 6.07) is 19.6. The summed E-state index contributed by atoms with van der Waals surface area (Å²) >= 11 is 0. The molecule has 0 aromatic heterocycles. The van der Waals surface area contributed by atoms with E-state index < -0.39 is 29.0 Å². The highest BCUT2D eigenvalue weighted by Crippen LogP contribution is 2.62. The van der Waals surface area contributed by atoms with Crippen LogP contribution in [0.5, 0.6) is 17.2 Å². The number of aliphatic hydroxyl groups excluding tert-OH is 2. The van der Waals surface area contributed by atoms with Crippen molar-refractivity contribution in [3.05, 3.63) is 118 Å². The first-order valence-corrected chi connectivity index (χ1v) is 22.3. The van der Waals surface area contributed by atoms with Gasteiger partial charge in [-0.25, -0.2) is 0 Å². The molecule has 7 rings (SSSR count). The molecule has 334 valence electrons. The van der Waals surface area contributed by atoms with Crippen LogP contribution in [0.25, 0.3) is 0 Å². The predicted octanol–water partition coefficient (Wildman–Crippen LogP) is 8.97. The molecule has 14 heteroatoms. The van der Waals surface area contributed by atoms with E-state index in [9.17, 15) is 30.4 Å². The topological polar surface area (TPSA) is 186 Å². The normalized spacial score (nSPS) is 25.4. The number of nitro groups is 1. The Bertz CT molecular complexity index is 2180. The summed E-state index contributed by atoms with van der Waals surface area (Å²) in [5.41, 5.74) is 3.16. The van der Waals surface area contributed by atoms with Gasteiger partial charge >= 0.3 is 0 Å². The van der Waals surface area contributed by atoms with Crippen LogP contribution in [0.1, 0.15) is 105 Å². The van der Waals surface area contributed by atoms with E-state index in [1.54, 1.807) is 48.5 Å². The van der Waals surface area contributed by atoms with Gasteiger partial charge in [-0.2, -0.15) is 5.26 Å². The second-order valence-corrected chi connectivity index (χ2v) is 16.7. The number of nitro benzene ring substituents is 1. The molecule has 0 bridgehead atoms. The average molecular weight is 863 g/mol. The average Bonchev–Trinajstić information content (AvgIpc) is 3.31. The van der Waals surface area contributed by atoms with E-state index in [0.29, 0.717) is 72.9 Å². The Morgan fingerprint density at radius 1 is 1.06 bits per heavy atom. The van der Waals surface area contributed by atoms with Crippen LogP contribution in [-0.2, 0) is 14.3 Å². The van der Waals surface area contributed by atoms with Crippen LogP contribution in [0, 0.1) is 39.2 Å². The summed E-state index contributed by atoms with van der Waals surface area (Å²) in [7, 11) is 0. The van der Waals surface area contributed by atoms with Crippen molar-refractivity contribution in [1.29, 1.82) is 5.26 Å². The van der Waals surface area contributed by atoms with E-state index in [1.165, 1.54) is 12.1 Å². The maximum atomic E-state index is 15.0. The number of oxime groups is 1. The predicted molar refractivity (Wildman–Crippen MR) is 235 cm³/mol. The molecule has 1 saturated heterocycles. The Hall–Kier alpha value is -5.59. The van der Waals surface area contributed by atoms with E-state index in [-0.39, 0.29) is 55.6 Å². The molecule has 1 amide bonds. The van der Waals surface area contributed by atoms with E-state index in [1.807, 2.05) is 24.0 Å². The molecular weight excluding hydrogens is 805 g/mol. The van der Waals surface area contributed by atoms with Crippen molar-refractivity contribution in [3.8, 4) is 23.3 Å². The second kappa shape index (κ2) is 21.2. The van der Waals surface area contributed by atoms with Gasteiger partial charge in [-0.1, -0.05) is 43.1 Å². The van der Waals surface area contributed by atoms with Gasteiger partial charge in [-0.15, -0.1) is 6.58 Å². The Balaban J connectivity index is 1.45. The SMILES string of the molecule is C=CCOC12Oc3ccc(Oc4cccc([N+](=O)[O-])c4)cc3C3C(CCCCO)C(CCCCO)C=C(C(=NOC4CCCCO4)CC1N(CCC)C(=O)c1ccc(C#N)cc1)C32. The molecule has 0 spiro atoms. The molecule has 4 aliphatic rings. The molecule has 1 saturated carbocycles. The molecule has 63 heavy (non-hydrogen) atoms. The highest BCUT2D eigenvalue weighted by atomic mass is 16.8. The molecule has 14 nitrogen and oxygen atoms in total. The van der Waals surface area contributed by atoms with Crippen molar-refractivity contribution in [1.82, 2.24) is 4.90 Å². The first-order valence-electron chi connectivity index (χ1n) is 22.3. The minimum absolute atomic E-state index is 0.00982. The van der Waals surface area contributed by atoms with Gasteiger partial charge in [0.05, 0.1) is 47.5 Å². The number of nitrogens with zero attached hydrogens (tertiary/aromatic N) is 4. The number of benzene rings is 3. The number of unbranched alkanes of at least 4 members (excludes halogenated alkanes) is 2.